The van der Waals surface area contributed by atoms with Crippen molar-refractivity contribution in [3.05, 3.63) is 64.1 Å². The highest BCUT2D eigenvalue weighted by molar-refractivity contribution is 7.14. The molecule has 0 bridgehead atoms. The number of carbonyl (C=O) groups excluding carboxylic acids is 1. The summed E-state index contributed by atoms with van der Waals surface area (Å²) in [6, 6.07) is 9.29. The number of amides is 1. The van der Waals surface area contributed by atoms with E-state index in [4.69, 9.17) is 11.1 Å². The molecule has 0 aliphatic carbocycles. The molecular formula is C19H19ClN6OS. The van der Waals surface area contributed by atoms with Crippen LogP contribution in [0.25, 0.3) is 10.9 Å². The molecule has 0 radical (unpaired) electrons. The van der Waals surface area contributed by atoms with Gasteiger partial charge in [-0.05, 0) is 30.3 Å². The van der Waals surface area contributed by atoms with Crippen LogP contribution in [-0.4, -0.2) is 39.7 Å². The van der Waals surface area contributed by atoms with Crippen LogP contribution in [0, 0.1) is 5.41 Å². The van der Waals surface area contributed by atoms with Crippen molar-refractivity contribution in [2.45, 2.75) is 6.54 Å². The number of benzene rings is 1. The monoisotopic (exact) mass is 414 g/mol. The Labute approximate surface area is 172 Å². The average molecular weight is 415 g/mol. The van der Waals surface area contributed by atoms with Gasteiger partial charge in [-0.15, -0.1) is 23.7 Å². The maximum Gasteiger partial charge on any atom is 0.254 e. The molecule has 0 saturated heterocycles. The fourth-order valence-corrected chi connectivity index (χ4v) is 3.75. The van der Waals surface area contributed by atoms with Crippen molar-refractivity contribution in [1.29, 1.82) is 5.41 Å². The predicted molar refractivity (Wildman–Crippen MR) is 114 cm³/mol. The third-order valence-electron chi connectivity index (χ3n) is 4.35. The van der Waals surface area contributed by atoms with Crippen LogP contribution in [0.2, 0.25) is 0 Å². The maximum absolute atomic E-state index is 12.5. The van der Waals surface area contributed by atoms with Crippen molar-refractivity contribution < 1.29 is 4.79 Å². The van der Waals surface area contributed by atoms with E-state index in [1.54, 1.807) is 4.90 Å². The minimum absolute atomic E-state index is 0. The number of hydrogen-bond donors (Lipinski definition) is 3. The van der Waals surface area contributed by atoms with E-state index in [9.17, 15) is 4.79 Å². The second-order valence-electron chi connectivity index (χ2n) is 6.17. The summed E-state index contributed by atoms with van der Waals surface area (Å²) in [5.74, 6) is 0.786. The Morgan fingerprint density at radius 2 is 2.00 bits per heavy atom. The molecule has 3 heterocycles. The molecule has 1 aliphatic heterocycles. The van der Waals surface area contributed by atoms with E-state index < -0.39 is 0 Å². The largest absolute Gasteiger partial charge is 0.383 e. The number of amidine groups is 1. The first-order valence-corrected chi connectivity index (χ1v) is 9.29. The van der Waals surface area contributed by atoms with Gasteiger partial charge in [0, 0.05) is 28.9 Å². The van der Waals surface area contributed by atoms with Crippen LogP contribution in [0.1, 0.15) is 20.1 Å². The molecule has 4 N–H and O–H groups in total. The van der Waals surface area contributed by atoms with Gasteiger partial charge in [0.2, 0.25) is 0 Å². The number of aromatic nitrogens is 2. The zero-order valence-electron chi connectivity index (χ0n) is 14.9. The number of nitrogens with one attached hydrogen (secondary N) is 2. The first-order chi connectivity index (χ1) is 13.1. The van der Waals surface area contributed by atoms with Crippen molar-refractivity contribution in [2.75, 3.05) is 18.4 Å². The lowest BCUT2D eigenvalue weighted by molar-refractivity contribution is 0.0800. The highest BCUT2D eigenvalue weighted by Gasteiger charge is 2.17. The molecule has 0 saturated carbocycles. The Morgan fingerprint density at radius 3 is 2.71 bits per heavy atom. The second kappa shape index (κ2) is 8.37. The zero-order valence-corrected chi connectivity index (χ0v) is 16.5. The molecular weight excluding hydrogens is 396 g/mol. The van der Waals surface area contributed by atoms with Crippen LogP contribution in [0.4, 0.5) is 5.82 Å². The molecule has 0 atom stereocenters. The number of nitrogens with zero attached hydrogens (tertiary/aromatic N) is 3. The minimum atomic E-state index is 0. The quantitative estimate of drug-likeness (QED) is 0.338. The van der Waals surface area contributed by atoms with Crippen molar-refractivity contribution in [2.24, 2.45) is 5.73 Å². The molecule has 0 unspecified atom stereocenters. The van der Waals surface area contributed by atoms with E-state index >= 15 is 0 Å². The van der Waals surface area contributed by atoms with E-state index in [2.05, 4.69) is 15.3 Å². The van der Waals surface area contributed by atoms with Gasteiger partial charge in [-0.1, -0.05) is 12.2 Å². The number of nitrogen functional groups attached to an aromatic ring is 1. The first kappa shape index (κ1) is 19.8. The average Bonchev–Trinajstić information content (AvgIpc) is 3.37. The van der Waals surface area contributed by atoms with Crippen LogP contribution in [0.5, 0.6) is 0 Å². The standard InChI is InChI=1S/C19H18N6OS.ClH/c20-17(21)16-6-4-13(27-16)10-22-18-14-5-3-12(9-15(14)23-11-24-18)19(26)25-7-1-2-8-25;/h1-6,9,11H,7-8,10H2,(H3,20,21)(H,22,23,24);1H. The lowest BCUT2D eigenvalue weighted by Gasteiger charge is -2.15. The molecule has 3 aromatic rings. The van der Waals surface area contributed by atoms with Crippen molar-refractivity contribution in [1.82, 2.24) is 14.9 Å². The fraction of sp³-hybridized carbons (Fsp3) is 0.158. The van der Waals surface area contributed by atoms with Crippen molar-refractivity contribution in [3.8, 4) is 0 Å². The third-order valence-corrected chi connectivity index (χ3v) is 5.46. The number of anilines is 1. The van der Waals surface area contributed by atoms with Crippen molar-refractivity contribution in [3.63, 3.8) is 0 Å². The predicted octanol–water partition coefficient (Wildman–Crippen LogP) is 3.02. The topological polar surface area (TPSA) is 108 Å². The van der Waals surface area contributed by atoms with Gasteiger partial charge < -0.3 is 16.0 Å². The SMILES string of the molecule is Cl.N=C(N)c1ccc(CNc2ncnc3cc(C(=O)N4CC=CC4)ccc23)s1. The Morgan fingerprint density at radius 1 is 1.21 bits per heavy atom. The summed E-state index contributed by atoms with van der Waals surface area (Å²) < 4.78 is 0. The lowest BCUT2D eigenvalue weighted by Crippen LogP contribution is -2.28. The number of halogens is 1. The van der Waals surface area contributed by atoms with Gasteiger partial charge >= 0.3 is 0 Å². The summed E-state index contributed by atoms with van der Waals surface area (Å²) in [7, 11) is 0. The van der Waals surface area contributed by atoms with Gasteiger partial charge in [0.1, 0.15) is 18.0 Å². The fourth-order valence-electron chi connectivity index (χ4n) is 2.95. The molecule has 2 aromatic heterocycles. The molecule has 0 spiro atoms. The summed E-state index contributed by atoms with van der Waals surface area (Å²) in [5, 5.41) is 11.6. The summed E-state index contributed by atoms with van der Waals surface area (Å²) >= 11 is 1.47. The molecule has 28 heavy (non-hydrogen) atoms. The summed E-state index contributed by atoms with van der Waals surface area (Å²) in [6.45, 7) is 1.87. The molecule has 0 fully saturated rings. The van der Waals surface area contributed by atoms with E-state index in [-0.39, 0.29) is 24.1 Å². The Kier molecular flexibility index (Phi) is 5.91. The van der Waals surface area contributed by atoms with Gasteiger partial charge in [-0.25, -0.2) is 9.97 Å². The van der Waals surface area contributed by atoms with Gasteiger partial charge in [-0.3, -0.25) is 10.2 Å². The van der Waals surface area contributed by atoms with Gasteiger partial charge in [0.15, 0.2) is 0 Å². The van der Waals surface area contributed by atoms with E-state index in [1.807, 2.05) is 42.5 Å². The smallest absolute Gasteiger partial charge is 0.254 e. The molecule has 144 valence electrons. The van der Waals surface area contributed by atoms with Gasteiger partial charge in [-0.2, -0.15) is 0 Å². The summed E-state index contributed by atoms with van der Waals surface area (Å²) in [5.41, 5.74) is 6.86. The van der Waals surface area contributed by atoms with Gasteiger partial charge in [0.05, 0.1) is 16.9 Å². The lowest BCUT2D eigenvalue weighted by atomic mass is 10.1. The Balaban J connectivity index is 0.00000225. The number of carbonyl (C=O) groups is 1. The highest BCUT2D eigenvalue weighted by atomic mass is 35.5. The van der Waals surface area contributed by atoms with Crippen molar-refractivity contribution >= 4 is 52.2 Å². The molecule has 1 amide bonds. The highest BCUT2D eigenvalue weighted by Crippen LogP contribution is 2.23. The van der Waals surface area contributed by atoms with Crippen LogP contribution >= 0.6 is 23.7 Å². The maximum atomic E-state index is 12.5. The Hall–Kier alpha value is -2.97. The first-order valence-electron chi connectivity index (χ1n) is 8.48. The van der Waals surface area contributed by atoms with Crippen LogP contribution < -0.4 is 11.1 Å². The molecule has 1 aromatic carbocycles. The normalized spacial score (nSPS) is 12.8. The van der Waals surface area contributed by atoms with Crippen LogP contribution in [-0.2, 0) is 6.54 Å². The number of nitrogens with two attached hydrogens (primary N) is 1. The van der Waals surface area contributed by atoms with E-state index in [0.29, 0.717) is 31.0 Å². The minimum Gasteiger partial charge on any atom is -0.383 e. The van der Waals surface area contributed by atoms with Crippen LogP contribution in [0.3, 0.4) is 0 Å². The van der Waals surface area contributed by atoms with Gasteiger partial charge in [0.25, 0.3) is 5.91 Å². The molecule has 4 rings (SSSR count). The third kappa shape index (κ3) is 3.97. The number of thiophene rings is 1. The van der Waals surface area contributed by atoms with E-state index in [1.165, 1.54) is 17.7 Å². The second-order valence-corrected chi connectivity index (χ2v) is 7.34. The molecule has 9 heteroatoms. The summed E-state index contributed by atoms with van der Waals surface area (Å²) in [4.78, 5) is 24.8. The zero-order chi connectivity index (χ0) is 18.8. The molecule has 7 nitrogen and oxygen atoms in total. The number of fused-ring (bicyclic) bond motifs is 1. The summed E-state index contributed by atoms with van der Waals surface area (Å²) in [6.07, 6.45) is 5.47. The molecule has 1 aliphatic rings. The van der Waals surface area contributed by atoms with E-state index in [0.717, 1.165) is 20.7 Å². The van der Waals surface area contributed by atoms with Crippen LogP contribution in [0.15, 0.2) is 48.8 Å². The number of rotatable bonds is 5. The number of hydrogen-bond acceptors (Lipinski definition) is 6. The Bertz CT molecular complexity index is 1060.